The number of nitrogens with zero attached hydrogens (tertiary/aromatic N) is 1. The molecule has 0 fully saturated rings. The van der Waals surface area contributed by atoms with Crippen molar-refractivity contribution < 1.29 is 13.2 Å². The Morgan fingerprint density at radius 1 is 1.59 bits per heavy atom. The molecule has 0 radical (unpaired) electrons. The van der Waals surface area contributed by atoms with Crippen molar-refractivity contribution >= 4 is 15.7 Å². The van der Waals surface area contributed by atoms with Gasteiger partial charge in [-0.2, -0.15) is 0 Å². The number of ether oxygens (including phenoxy) is 1. The van der Waals surface area contributed by atoms with Crippen molar-refractivity contribution in [3.05, 3.63) is 18.3 Å². The molecule has 0 aliphatic carbocycles. The lowest BCUT2D eigenvalue weighted by Gasteiger charge is -2.13. The first-order valence-corrected chi connectivity index (χ1v) is 6.67. The van der Waals surface area contributed by atoms with Crippen molar-refractivity contribution in [2.45, 2.75) is 24.4 Å². The highest BCUT2D eigenvalue weighted by Gasteiger charge is 2.20. The minimum absolute atomic E-state index is 0.135. The number of rotatable bonds is 6. The molecule has 0 aliphatic heterocycles. The Morgan fingerprint density at radius 3 is 2.88 bits per heavy atom. The number of pyridine rings is 1. The quantitative estimate of drug-likeness (QED) is 0.769. The van der Waals surface area contributed by atoms with Crippen molar-refractivity contribution in [1.82, 2.24) is 9.71 Å². The lowest BCUT2D eigenvalue weighted by Crippen LogP contribution is -2.34. The van der Waals surface area contributed by atoms with Crippen LogP contribution >= 0.6 is 0 Å². The van der Waals surface area contributed by atoms with Gasteiger partial charge in [0.1, 0.15) is 0 Å². The second-order valence-corrected chi connectivity index (χ2v) is 5.33. The highest BCUT2D eigenvalue weighted by atomic mass is 32.2. The molecule has 3 N–H and O–H groups in total. The minimum atomic E-state index is -3.66. The maximum atomic E-state index is 11.9. The molecule has 0 aliphatic rings. The number of aromatic nitrogens is 1. The average molecular weight is 259 g/mol. The van der Waals surface area contributed by atoms with E-state index >= 15 is 0 Å². The van der Waals surface area contributed by atoms with Gasteiger partial charge in [-0.1, -0.05) is 0 Å². The number of nitrogens with one attached hydrogen (secondary N) is 1. The van der Waals surface area contributed by atoms with E-state index in [-0.39, 0.29) is 16.8 Å². The zero-order chi connectivity index (χ0) is 12.9. The molecule has 0 spiro atoms. The summed E-state index contributed by atoms with van der Waals surface area (Å²) < 4.78 is 31.2. The average Bonchev–Trinajstić information content (AvgIpc) is 2.26. The summed E-state index contributed by atoms with van der Waals surface area (Å²) in [7, 11) is -2.09. The van der Waals surface area contributed by atoms with E-state index in [2.05, 4.69) is 9.71 Å². The third kappa shape index (κ3) is 3.95. The fourth-order valence-electron chi connectivity index (χ4n) is 1.30. The van der Waals surface area contributed by atoms with E-state index in [1.54, 1.807) is 20.1 Å². The maximum absolute atomic E-state index is 11.9. The number of hydrogen-bond donors (Lipinski definition) is 2. The predicted octanol–water partition coefficient (Wildman–Crippen LogP) is 0.367. The lowest BCUT2D eigenvalue weighted by molar-refractivity contribution is 0.188. The van der Waals surface area contributed by atoms with Gasteiger partial charge in [-0.15, -0.1) is 0 Å². The molecule has 1 rings (SSSR count). The predicted molar refractivity (Wildman–Crippen MR) is 64.9 cm³/mol. The van der Waals surface area contributed by atoms with E-state index in [0.29, 0.717) is 13.0 Å². The van der Waals surface area contributed by atoms with Crippen molar-refractivity contribution in [1.29, 1.82) is 0 Å². The van der Waals surface area contributed by atoms with Crippen LogP contribution in [0.2, 0.25) is 0 Å². The van der Waals surface area contributed by atoms with Gasteiger partial charge in [-0.05, 0) is 25.5 Å². The van der Waals surface area contributed by atoms with E-state index in [0.717, 1.165) is 0 Å². The summed E-state index contributed by atoms with van der Waals surface area (Å²) in [5, 5.41) is -0.135. The number of anilines is 1. The van der Waals surface area contributed by atoms with Gasteiger partial charge in [0.05, 0.1) is 5.69 Å². The first-order valence-electron chi connectivity index (χ1n) is 5.19. The number of hydrogen-bond acceptors (Lipinski definition) is 5. The molecule has 1 unspecified atom stereocenters. The third-order valence-corrected chi connectivity index (χ3v) is 3.73. The van der Waals surface area contributed by atoms with Gasteiger partial charge in [0.2, 0.25) is 0 Å². The molecule has 1 atom stereocenters. The second kappa shape index (κ2) is 5.95. The smallest absolute Gasteiger partial charge is 0.260 e. The third-order valence-electron chi connectivity index (χ3n) is 2.17. The van der Waals surface area contributed by atoms with Crippen LogP contribution in [-0.4, -0.2) is 33.2 Å². The fraction of sp³-hybridized carbons (Fsp3) is 0.500. The second-order valence-electron chi connectivity index (χ2n) is 3.70. The molecule has 17 heavy (non-hydrogen) atoms. The minimum Gasteiger partial charge on any atom is -0.396 e. The summed E-state index contributed by atoms with van der Waals surface area (Å²) in [5.74, 6) is 0. The van der Waals surface area contributed by atoms with Crippen LogP contribution in [-0.2, 0) is 14.8 Å². The Labute approximate surface area is 101 Å². The molecule has 0 saturated carbocycles. The Morgan fingerprint density at radius 2 is 2.29 bits per heavy atom. The Balaban J connectivity index is 2.79. The van der Waals surface area contributed by atoms with Crippen LogP contribution in [0.25, 0.3) is 0 Å². The normalized spacial score (nSPS) is 13.5. The summed E-state index contributed by atoms with van der Waals surface area (Å²) in [6, 6.07) is 2.85. The molecule has 1 aromatic heterocycles. The molecule has 0 bridgehead atoms. The molecular weight excluding hydrogens is 242 g/mol. The monoisotopic (exact) mass is 259 g/mol. The van der Waals surface area contributed by atoms with Crippen molar-refractivity contribution in [2.24, 2.45) is 0 Å². The van der Waals surface area contributed by atoms with Gasteiger partial charge < -0.3 is 10.5 Å². The van der Waals surface area contributed by atoms with Crippen LogP contribution in [0.1, 0.15) is 13.3 Å². The van der Waals surface area contributed by atoms with Gasteiger partial charge in [0.25, 0.3) is 10.0 Å². The van der Waals surface area contributed by atoms with Crippen LogP contribution in [0.15, 0.2) is 23.4 Å². The lowest BCUT2D eigenvalue weighted by atomic mass is 10.3. The van der Waals surface area contributed by atoms with Crippen LogP contribution < -0.4 is 10.5 Å². The Kier molecular flexibility index (Phi) is 4.86. The summed E-state index contributed by atoms with van der Waals surface area (Å²) in [5.41, 5.74) is 5.71. The molecule has 0 amide bonds. The van der Waals surface area contributed by atoms with Crippen LogP contribution in [0.5, 0.6) is 0 Å². The van der Waals surface area contributed by atoms with Gasteiger partial charge >= 0.3 is 0 Å². The summed E-state index contributed by atoms with van der Waals surface area (Å²) in [4.78, 5) is 3.78. The summed E-state index contributed by atoms with van der Waals surface area (Å²) in [6.45, 7) is 2.25. The maximum Gasteiger partial charge on any atom is 0.260 e. The standard InChI is InChI=1S/C10H17N3O3S/c1-8(5-7-16-2)13-17(14,15)10-9(11)4-3-6-12-10/h3-4,6,8,13H,5,7,11H2,1-2H3. The van der Waals surface area contributed by atoms with Gasteiger partial charge in [0, 0.05) is 26.0 Å². The van der Waals surface area contributed by atoms with E-state index in [4.69, 9.17) is 10.5 Å². The van der Waals surface area contributed by atoms with Crippen molar-refractivity contribution in [3.63, 3.8) is 0 Å². The molecular formula is C10H17N3O3S. The van der Waals surface area contributed by atoms with Gasteiger partial charge in [-0.25, -0.2) is 18.1 Å². The molecule has 1 aromatic rings. The zero-order valence-electron chi connectivity index (χ0n) is 9.88. The number of methoxy groups -OCH3 is 1. The molecule has 6 nitrogen and oxygen atoms in total. The number of sulfonamides is 1. The van der Waals surface area contributed by atoms with E-state index < -0.39 is 10.0 Å². The topological polar surface area (TPSA) is 94.3 Å². The summed E-state index contributed by atoms with van der Waals surface area (Å²) in [6.07, 6.45) is 1.98. The van der Waals surface area contributed by atoms with Gasteiger partial charge in [-0.3, -0.25) is 0 Å². The highest BCUT2D eigenvalue weighted by Crippen LogP contribution is 2.14. The van der Waals surface area contributed by atoms with E-state index in [9.17, 15) is 8.42 Å². The van der Waals surface area contributed by atoms with Crippen LogP contribution in [0.4, 0.5) is 5.69 Å². The SMILES string of the molecule is COCCC(C)NS(=O)(=O)c1ncccc1N. The first kappa shape index (κ1) is 13.9. The molecule has 96 valence electrons. The molecule has 7 heteroatoms. The molecule has 0 saturated heterocycles. The Bertz CT molecular complexity index is 462. The van der Waals surface area contributed by atoms with Crippen molar-refractivity contribution in [3.8, 4) is 0 Å². The highest BCUT2D eigenvalue weighted by molar-refractivity contribution is 7.89. The zero-order valence-corrected chi connectivity index (χ0v) is 10.7. The number of nitrogen functional groups attached to an aromatic ring is 1. The molecule has 0 aromatic carbocycles. The number of nitrogens with two attached hydrogens (primary N) is 1. The Hall–Kier alpha value is -1.18. The largest absolute Gasteiger partial charge is 0.396 e. The van der Waals surface area contributed by atoms with E-state index in [1.165, 1.54) is 12.3 Å². The molecule has 1 heterocycles. The van der Waals surface area contributed by atoms with Crippen molar-refractivity contribution in [2.75, 3.05) is 19.5 Å². The van der Waals surface area contributed by atoms with Crippen LogP contribution in [0.3, 0.4) is 0 Å². The summed E-state index contributed by atoms with van der Waals surface area (Å²) >= 11 is 0. The van der Waals surface area contributed by atoms with E-state index in [1.807, 2.05) is 0 Å². The van der Waals surface area contributed by atoms with Gasteiger partial charge in [0.15, 0.2) is 5.03 Å². The van der Waals surface area contributed by atoms with Crippen LogP contribution in [0, 0.1) is 0 Å². The first-order chi connectivity index (χ1) is 7.97. The fourth-order valence-corrected chi connectivity index (χ4v) is 2.64.